The second kappa shape index (κ2) is 8.62. The minimum atomic E-state index is -4.46. The molecule has 0 unspecified atom stereocenters. The highest BCUT2D eigenvalue weighted by Gasteiger charge is 2.30. The molecule has 1 aliphatic heterocycles. The summed E-state index contributed by atoms with van der Waals surface area (Å²) in [6.07, 6.45) is 0.604. The third-order valence-electron chi connectivity index (χ3n) is 4.89. The van der Waals surface area contributed by atoms with E-state index in [1.165, 1.54) is 12.1 Å². The number of hydrogen-bond acceptors (Lipinski definition) is 6. The molecular weight excluding hydrogens is 413 g/mol. The van der Waals surface area contributed by atoms with Crippen LogP contribution in [0.1, 0.15) is 5.56 Å². The molecular formula is C20H19F3N6O2. The fourth-order valence-electron chi connectivity index (χ4n) is 3.20. The average Bonchev–Trinajstić information content (AvgIpc) is 3.32. The minimum Gasteiger partial charge on any atom is -0.484 e. The van der Waals surface area contributed by atoms with E-state index in [1.807, 2.05) is 17.0 Å². The number of carbonyl (C=O) groups excluding carboxylic acids is 1. The van der Waals surface area contributed by atoms with E-state index in [9.17, 15) is 18.0 Å². The van der Waals surface area contributed by atoms with E-state index in [2.05, 4.69) is 15.2 Å². The molecule has 1 amide bonds. The number of carbonyl (C=O) groups is 1. The number of rotatable bonds is 5. The smallest absolute Gasteiger partial charge is 0.416 e. The topological polar surface area (TPSA) is 76.4 Å². The molecule has 1 aromatic carbocycles. The number of anilines is 1. The first-order valence-corrected chi connectivity index (χ1v) is 9.55. The third-order valence-corrected chi connectivity index (χ3v) is 4.89. The maximum atomic E-state index is 12.8. The first kappa shape index (κ1) is 20.6. The molecule has 0 spiro atoms. The molecule has 8 nitrogen and oxygen atoms in total. The number of piperazine rings is 1. The summed E-state index contributed by atoms with van der Waals surface area (Å²) in [6, 6.07) is 8.18. The maximum Gasteiger partial charge on any atom is 0.416 e. The molecule has 0 aliphatic carbocycles. The van der Waals surface area contributed by atoms with Crippen LogP contribution in [0.25, 0.3) is 5.82 Å². The van der Waals surface area contributed by atoms with Crippen molar-refractivity contribution in [3.63, 3.8) is 0 Å². The average molecular weight is 432 g/mol. The lowest BCUT2D eigenvalue weighted by Crippen LogP contribution is -2.50. The van der Waals surface area contributed by atoms with Gasteiger partial charge in [0.05, 0.1) is 5.56 Å². The van der Waals surface area contributed by atoms with Gasteiger partial charge in [-0.05, 0) is 30.3 Å². The van der Waals surface area contributed by atoms with E-state index in [-0.39, 0.29) is 18.3 Å². The summed E-state index contributed by atoms with van der Waals surface area (Å²) in [5.41, 5.74) is -0.814. The molecule has 162 valence electrons. The molecule has 11 heteroatoms. The number of imidazole rings is 1. The number of ether oxygens (including phenoxy) is 1. The molecule has 1 fully saturated rings. The van der Waals surface area contributed by atoms with Gasteiger partial charge in [0, 0.05) is 38.6 Å². The summed E-state index contributed by atoms with van der Waals surface area (Å²) >= 11 is 0. The molecule has 0 radical (unpaired) electrons. The molecule has 0 saturated carbocycles. The van der Waals surface area contributed by atoms with Gasteiger partial charge in [-0.25, -0.2) is 4.98 Å². The number of benzene rings is 1. The van der Waals surface area contributed by atoms with Crippen molar-refractivity contribution in [2.45, 2.75) is 6.18 Å². The van der Waals surface area contributed by atoms with E-state index < -0.39 is 11.7 Å². The monoisotopic (exact) mass is 432 g/mol. The van der Waals surface area contributed by atoms with Gasteiger partial charge in [0.1, 0.15) is 12.1 Å². The van der Waals surface area contributed by atoms with Gasteiger partial charge in [0.25, 0.3) is 5.91 Å². The van der Waals surface area contributed by atoms with Gasteiger partial charge < -0.3 is 14.5 Å². The van der Waals surface area contributed by atoms with E-state index in [0.717, 1.165) is 12.1 Å². The molecule has 1 saturated heterocycles. The summed E-state index contributed by atoms with van der Waals surface area (Å²) < 4.78 is 45.4. The Bertz CT molecular complexity index is 1020. The number of halogens is 3. The Labute approximate surface area is 175 Å². The highest BCUT2D eigenvalue weighted by Crippen LogP contribution is 2.31. The van der Waals surface area contributed by atoms with Crippen LogP contribution in [0.3, 0.4) is 0 Å². The van der Waals surface area contributed by atoms with Gasteiger partial charge in [0.15, 0.2) is 18.2 Å². The lowest BCUT2D eigenvalue weighted by molar-refractivity contribution is -0.137. The number of amides is 1. The van der Waals surface area contributed by atoms with Crippen LogP contribution >= 0.6 is 0 Å². The van der Waals surface area contributed by atoms with Crippen molar-refractivity contribution in [2.75, 3.05) is 37.7 Å². The Hall–Kier alpha value is -3.63. The molecule has 1 aliphatic rings. The quantitative estimate of drug-likeness (QED) is 0.617. The molecule has 2 aromatic heterocycles. The first-order valence-electron chi connectivity index (χ1n) is 9.55. The summed E-state index contributed by atoms with van der Waals surface area (Å²) in [4.78, 5) is 20.0. The summed E-state index contributed by atoms with van der Waals surface area (Å²) in [5, 5.41) is 8.43. The standard InChI is InChI=1S/C20H19F3N6O2/c21-20(22,23)15-2-1-3-16(12-15)31-13-19(30)28-10-8-27(9-11-28)17-4-5-18(26-25-17)29-7-6-24-14-29/h1-7,12,14H,8-11,13H2. The van der Waals surface area contributed by atoms with E-state index >= 15 is 0 Å². The summed E-state index contributed by atoms with van der Waals surface area (Å²) in [5.74, 6) is 1.09. The van der Waals surface area contributed by atoms with Crippen LogP contribution in [0.2, 0.25) is 0 Å². The van der Waals surface area contributed by atoms with Gasteiger partial charge in [-0.15, -0.1) is 10.2 Å². The second-order valence-corrected chi connectivity index (χ2v) is 6.90. The van der Waals surface area contributed by atoms with Crippen LogP contribution in [0.5, 0.6) is 5.75 Å². The second-order valence-electron chi connectivity index (χ2n) is 6.90. The van der Waals surface area contributed by atoms with E-state index in [0.29, 0.717) is 37.8 Å². The van der Waals surface area contributed by atoms with Crippen LogP contribution in [0, 0.1) is 0 Å². The number of aromatic nitrogens is 4. The zero-order chi connectivity index (χ0) is 21.8. The van der Waals surface area contributed by atoms with Crippen LogP contribution in [-0.4, -0.2) is 63.3 Å². The third kappa shape index (κ3) is 4.93. The summed E-state index contributed by atoms with van der Waals surface area (Å²) in [7, 11) is 0. The Morgan fingerprint density at radius 1 is 1.03 bits per heavy atom. The van der Waals surface area contributed by atoms with Crippen molar-refractivity contribution in [3.05, 3.63) is 60.7 Å². The Morgan fingerprint density at radius 2 is 1.77 bits per heavy atom. The maximum absolute atomic E-state index is 12.8. The van der Waals surface area contributed by atoms with Crippen molar-refractivity contribution in [2.24, 2.45) is 0 Å². The predicted molar refractivity (Wildman–Crippen MR) is 105 cm³/mol. The van der Waals surface area contributed by atoms with Crippen molar-refractivity contribution in [3.8, 4) is 11.6 Å². The Morgan fingerprint density at radius 3 is 2.42 bits per heavy atom. The zero-order valence-corrected chi connectivity index (χ0v) is 16.4. The van der Waals surface area contributed by atoms with Crippen molar-refractivity contribution in [1.29, 1.82) is 0 Å². The minimum absolute atomic E-state index is 0.00932. The van der Waals surface area contributed by atoms with E-state index in [4.69, 9.17) is 4.74 Å². The lowest BCUT2D eigenvalue weighted by Gasteiger charge is -2.35. The highest BCUT2D eigenvalue weighted by molar-refractivity contribution is 5.78. The van der Waals surface area contributed by atoms with Crippen LogP contribution in [-0.2, 0) is 11.0 Å². The fraction of sp³-hybridized carbons (Fsp3) is 0.300. The number of alkyl halides is 3. The predicted octanol–water partition coefficient (Wildman–Crippen LogP) is 2.41. The van der Waals surface area contributed by atoms with Gasteiger partial charge in [-0.2, -0.15) is 13.2 Å². The molecule has 0 atom stereocenters. The SMILES string of the molecule is O=C(COc1cccc(C(F)(F)F)c1)N1CCN(c2ccc(-n3ccnc3)nn2)CC1. The molecule has 4 rings (SSSR count). The van der Waals surface area contributed by atoms with Gasteiger partial charge >= 0.3 is 6.18 Å². The van der Waals surface area contributed by atoms with Crippen molar-refractivity contribution < 1.29 is 22.7 Å². The largest absolute Gasteiger partial charge is 0.484 e. The first-order chi connectivity index (χ1) is 14.9. The summed E-state index contributed by atoms with van der Waals surface area (Å²) in [6.45, 7) is 1.72. The highest BCUT2D eigenvalue weighted by atomic mass is 19.4. The molecule has 0 N–H and O–H groups in total. The van der Waals surface area contributed by atoms with E-state index in [1.54, 1.807) is 28.2 Å². The number of nitrogens with zero attached hydrogens (tertiary/aromatic N) is 6. The van der Waals surface area contributed by atoms with Gasteiger partial charge in [0.2, 0.25) is 0 Å². The van der Waals surface area contributed by atoms with Crippen molar-refractivity contribution in [1.82, 2.24) is 24.6 Å². The molecule has 31 heavy (non-hydrogen) atoms. The van der Waals surface area contributed by atoms with Crippen LogP contribution in [0.4, 0.5) is 19.0 Å². The van der Waals surface area contributed by atoms with Crippen LogP contribution in [0.15, 0.2) is 55.1 Å². The lowest BCUT2D eigenvalue weighted by atomic mass is 10.2. The molecule has 3 heterocycles. The van der Waals surface area contributed by atoms with Crippen molar-refractivity contribution >= 4 is 11.7 Å². The Kier molecular flexibility index (Phi) is 5.74. The molecule has 3 aromatic rings. The van der Waals surface area contributed by atoms with Crippen LogP contribution < -0.4 is 9.64 Å². The zero-order valence-electron chi connectivity index (χ0n) is 16.4. The normalized spacial score (nSPS) is 14.5. The fourth-order valence-corrected chi connectivity index (χ4v) is 3.20. The number of hydrogen-bond donors (Lipinski definition) is 0. The van der Waals surface area contributed by atoms with Gasteiger partial charge in [-0.1, -0.05) is 6.07 Å². The molecule has 0 bridgehead atoms. The Balaban J connectivity index is 1.28. The van der Waals surface area contributed by atoms with Gasteiger partial charge in [-0.3, -0.25) is 9.36 Å².